The number of nitrogens with zero attached hydrogens (tertiary/aromatic N) is 3. The van der Waals surface area contributed by atoms with E-state index in [1.165, 1.54) is 6.07 Å². The van der Waals surface area contributed by atoms with Gasteiger partial charge in [-0.05, 0) is 34.5 Å². The SMILES string of the molecule is CCC(COc1cc(-c2noc(C(F)(F)F)n2)on1)NC(=O)c1ccc2ccccc2c1. The van der Waals surface area contributed by atoms with Gasteiger partial charge in [0, 0.05) is 5.56 Å². The number of hydrogen-bond donors (Lipinski definition) is 1. The summed E-state index contributed by atoms with van der Waals surface area (Å²) in [6, 6.07) is 14.0. The van der Waals surface area contributed by atoms with Crippen LogP contribution < -0.4 is 10.1 Å². The smallest absolute Gasteiger partial charge is 0.471 e. The van der Waals surface area contributed by atoms with E-state index in [0.29, 0.717) is 12.0 Å². The molecule has 2 aromatic carbocycles. The number of hydrogen-bond acceptors (Lipinski definition) is 7. The Morgan fingerprint density at radius 2 is 1.88 bits per heavy atom. The molecule has 1 atom stereocenters. The van der Waals surface area contributed by atoms with E-state index in [4.69, 9.17) is 9.26 Å². The van der Waals surface area contributed by atoms with Crippen molar-refractivity contribution >= 4 is 16.7 Å². The quantitative estimate of drug-likeness (QED) is 0.446. The number of carbonyl (C=O) groups is 1. The van der Waals surface area contributed by atoms with Crippen molar-refractivity contribution in [2.24, 2.45) is 0 Å². The summed E-state index contributed by atoms with van der Waals surface area (Å²) in [5.74, 6) is -2.28. The zero-order valence-electron chi connectivity index (χ0n) is 16.7. The lowest BCUT2D eigenvalue weighted by Gasteiger charge is -2.17. The number of rotatable bonds is 7. The van der Waals surface area contributed by atoms with E-state index < -0.39 is 17.9 Å². The molecule has 32 heavy (non-hydrogen) atoms. The minimum atomic E-state index is -4.76. The molecule has 4 aromatic rings. The van der Waals surface area contributed by atoms with Gasteiger partial charge in [0.2, 0.25) is 11.6 Å². The second-order valence-corrected chi connectivity index (χ2v) is 6.90. The van der Waals surface area contributed by atoms with Crippen LogP contribution in [0.3, 0.4) is 0 Å². The molecule has 0 aliphatic carbocycles. The van der Waals surface area contributed by atoms with Crippen LogP contribution in [0.5, 0.6) is 5.88 Å². The number of carbonyl (C=O) groups excluding carboxylic acids is 1. The van der Waals surface area contributed by atoms with Crippen molar-refractivity contribution < 1.29 is 31.7 Å². The van der Waals surface area contributed by atoms with Gasteiger partial charge in [0.1, 0.15) is 6.61 Å². The normalized spacial score (nSPS) is 12.6. The molecule has 166 valence electrons. The summed E-state index contributed by atoms with van der Waals surface area (Å²) < 4.78 is 52.3. The van der Waals surface area contributed by atoms with Gasteiger partial charge in [0.05, 0.1) is 12.1 Å². The van der Waals surface area contributed by atoms with Crippen molar-refractivity contribution in [1.29, 1.82) is 0 Å². The van der Waals surface area contributed by atoms with Gasteiger partial charge in [-0.1, -0.05) is 42.4 Å². The van der Waals surface area contributed by atoms with E-state index in [0.717, 1.165) is 10.8 Å². The fraction of sp³-hybridized carbons (Fsp3) is 0.238. The highest BCUT2D eigenvalue weighted by Crippen LogP contribution is 2.30. The molecule has 0 aliphatic rings. The molecular weight excluding hydrogens is 429 g/mol. The molecule has 8 nitrogen and oxygen atoms in total. The number of fused-ring (bicyclic) bond motifs is 1. The fourth-order valence-corrected chi connectivity index (χ4v) is 2.92. The van der Waals surface area contributed by atoms with Crippen molar-refractivity contribution in [1.82, 2.24) is 20.6 Å². The molecule has 4 rings (SSSR count). The van der Waals surface area contributed by atoms with Crippen LogP contribution in [0.4, 0.5) is 13.2 Å². The third-order valence-corrected chi connectivity index (χ3v) is 4.65. The topological polar surface area (TPSA) is 103 Å². The van der Waals surface area contributed by atoms with Crippen molar-refractivity contribution in [2.45, 2.75) is 25.6 Å². The Hall–Kier alpha value is -3.89. The summed E-state index contributed by atoms with van der Waals surface area (Å²) >= 11 is 0. The van der Waals surface area contributed by atoms with Crippen LogP contribution in [-0.4, -0.2) is 33.9 Å². The average molecular weight is 446 g/mol. The fourth-order valence-electron chi connectivity index (χ4n) is 2.92. The zero-order chi connectivity index (χ0) is 22.7. The molecule has 0 fully saturated rings. The average Bonchev–Trinajstić information content (AvgIpc) is 3.45. The van der Waals surface area contributed by atoms with Gasteiger partial charge >= 0.3 is 12.1 Å². The minimum Gasteiger partial charge on any atom is -0.473 e. The van der Waals surface area contributed by atoms with E-state index in [9.17, 15) is 18.0 Å². The lowest BCUT2D eigenvalue weighted by Crippen LogP contribution is -2.38. The van der Waals surface area contributed by atoms with E-state index in [2.05, 4.69) is 25.1 Å². The van der Waals surface area contributed by atoms with Gasteiger partial charge in [-0.25, -0.2) is 0 Å². The minimum absolute atomic E-state index is 0.0109. The number of halogens is 3. The summed E-state index contributed by atoms with van der Waals surface area (Å²) in [7, 11) is 0. The van der Waals surface area contributed by atoms with Gasteiger partial charge in [-0.3, -0.25) is 4.79 Å². The van der Waals surface area contributed by atoms with Crippen LogP contribution in [0.1, 0.15) is 29.6 Å². The van der Waals surface area contributed by atoms with Crippen LogP contribution in [0.2, 0.25) is 0 Å². The molecule has 0 bridgehead atoms. The predicted molar refractivity (Wildman–Crippen MR) is 106 cm³/mol. The Morgan fingerprint density at radius 1 is 1.09 bits per heavy atom. The van der Waals surface area contributed by atoms with Crippen molar-refractivity contribution in [3.05, 3.63) is 60.0 Å². The lowest BCUT2D eigenvalue weighted by atomic mass is 10.1. The van der Waals surface area contributed by atoms with Gasteiger partial charge in [0.25, 0.3) is 11.8 Å². The lowest BCUT2D eigenvalue weighted by molar-refractivity contribution is -0.159. The molecular formula is C21H17F3N4O4. The summed E-state index contributed by atoms with van der Waals surface area (Å²) in [5.41, 5.74) is 0.517. The predicted octanol–water partition coefficient (Wildman–Crippen LogP) is 4.48. The summed E-state index contributed by atoms with van der Waals surface area (Å²) in [5, 5.41) is 11.7. The van der Waals surface area contributed by atoms with Crippen LogP contribution in [0.25, 0.3) is 22.4 Å². The Bertz CT molecular complexity index is 1230. The number of amides is 1. The largest absolute Gasteiger partial charge is 0.473 e. The Kier molecular flexibility index (Phi) is 5.80. The molecule has 2 heterocycles. The van der Waals surface area contributed by atoms with Crippen LogP contribution in [0.15, 0.2) is 57.6 Å². The number of ether oxygens (including phenoxy) is 1. The van der Waals surface area contributed by atoms with Gasteiger partial charge < -0.3 is 19.1 Å². The van der Waals surface area contributed by atoms with Gasteiger partial charge in [-0.2, -0.15) is 18.2 Å². The number of alkyl halides is 3. The first-order valence-corrected chi connectivity index (χ1v) is 9.64. The summed E-state index contributed by atoms with van der Waals surface area (Å²) in [6.07, 6.45) is -4.19. The highest BCUT2D eigenvalue weighted by molar-refractivity contribution is 5.98. The second kappa shape index (κ2) is 8.69. The molecule has 1 unspecified atom stereocenters. The van der Waals surface area contributed by atoms with E-state index >= 15 is 0 Å². The van der Waals surface area contributed by atoms with E-state index in [1.807, 2.05) is 43.3 Å². The number of benzene rings is 2. The maximum absolute atomic E-state index is 12.6. The molecule has 0 aliphatic heterocycles. The first-order valence-electron chi connectivity index (χ1n) is 9.64. The first kappa shape index (κ1) is 21.3. The van der Waals surface area contributed by atoms with Gasteiger partial charge in [0.15, 0.2) is 0 Å². The molecule has 11 heteroatoms. The maximum Gasteiger partial charge on any atom is 0.471 e. The standard InChI is InChI=1S/C21H17F3N4O4/c1-2-15(25-19(29)14-8-7-12-5-3-4-6-13(12)9-14)11-30-17-10-16(31-27-17)18-26-20(32-28-18)21(22,23)24/h3-10,15H,2,11H2,1H3,(H,25,29). The zero-order valence-corrected chi connectivity index (χ0v) is 16.7. The number of nitrogens with one attached hydrogen (secondary N) is 1. The van der Waals surface area contributed by atoms with E-state index in [-0.39, 0.29) is 30.2 Å². The molecule has 0 spiro atoms. The molecule has 2 aromatic heterocycles. The first-order chi connectivity index (χ1) is 15.3. The third kappa shape index (κ3) is 4.71. The molecule has 0 saturated carbocycles. The van der Waals surface area contributed by atoms with Crippen LogP contribution >= 0.6 is 0 Å². The highest BCUT2D eigenvalue weighted by atomic mass is 19.4. The third-order valence-electron chi connectivity index (χ3n) is 4.65. The Balaban J connectivity index is 1.37. The monoisotopic (exact) mass is 446 g/mol. The maximum atomic E-state index is 12.6. The molecule has 0 saturated heterocycles. The molecule has 1 amide bonds. The van der Waals surface area contributed by atoms with Crippen LogP contribution in [0, 0.1) is 0 Å². The number of aromatic nitrogens is 3. The highest BCUT2D eigenvalue weighted by Gasteiger charge is 2.39. The summed E-state index contributed by atoms with van der Waals surface area (Å²) in [4.78, 5) is 15.8. The van der Waals surface area contributed by atoms with E-state index in [1.54, 1.807) is 6.07 Å². The van der Waals surface area contributed by atoms with Crippen molar-refractivity contribution in [2.75, 3.05) is 6.61 Å². The van der Waals surface area contributed by atoms with Crippen molar-refractivity contribution in [3.63, 3.8) is 0 Å². The van der Waals surface area contributed by atoms with Gasteiger partial charge in [-0.15, -0.1) is 0 Å². The Labute approximate surface area is 179 Å². The van der Waals surface area contributed by atoms with Crippen LogP contribution in [-0.2, 0) is 6.18 Å². The Morgan fingerprint density at radius 3 is 2.59 bits per heavy atom. The molecule has 0 radical (unpaired) electrons. The molecule has 1 N–H and O–H groups in total. The second-order valence-electron chi connectivity index (χ2n) is 6.90. The summed E-state index contributed by atoms with van der Waals surface area (Å²) in [6.45, 7) is 1.95. The van der Waals surface area contributed by atoms with Crippen molar-refractivity contribution in [3.8, 4) is 17.5 Å².